The van der Waals surface area contributed by atoms with Crippen molar-refractivity contribution in [2.24, 2.45) is 0 Å². The lowest BCUT2D eigenvalue weighted by molar-refractivity contribution is -0.104. The summed E-state index contributed by atoms with van der Waals surface area (Å²) in [6.07, 6.45) is 0.118. The van der Waals surface area contributed by atoms with Gasteiger partial charge in [-0.1, -0.05) is 6.07 Å². The van der Waals surface area contributed by atoms with E-state index in [0.29, 0.717) is 0 Å². The SMILES string of the molecule is N#Cc1cc(F)ccc1-c1cc(C(=O)C=O)ccc1F. The van der Waals surface area contributed by atoms with Crippen molar-refractivity contribution < 1.29 is 18.4 Å². The smallest absolute Gasteiger partial charge is 0.225 e. The molecule has 0 unspecified atom stereocenters. The van der Waals surface area contributed by atoms with Crippen LogP contribution < -0.4 is 0 Å². The molecule has 0 spiro atoms. The summed E-state index contributed by atoms with van der Waals surface area (Å²) in [4.78, 5) is 21.8. The number of rotatable bonds is 3. The summed E-state index contributed by atoms with van der Waals surface area (Å²) >= 11 is 0. The second kappa shape index (κ2) is 5.41. The van der Waals surface area contributed by atoms with Crippen LogP contribution in [0.3, 0.4) is 0 Å². The fourth-order valence-electron chi connectivity index (χ4n) is 1.80. The van der Waals surface area contributed by atoms with Gasteiger partial charge in [0.2, 0.25) is 5.78 Å². The second-order valence-corrected chi connectivity index (χ2v) is 3.98. The Labute approximate surface area is 113 Å². The summed E-state index contributed by atoms with van der Waals surface area (Å²) in [5.74, 6) is -2.09. The third-order valence-electron chi connectivity index (χ3n) is 2.75. The Balaban J connectivity index is 2.66. The number of hydrogen-bond donors (Lipinski definition) is 0. The summed E-state index contributed by atoms with van der Waals surface area (Å²) in [6.45, 7) is 0. The zero-order valence-corrected chi connectivity index (χ0v) is 10.1. The molecule has 5 heteroatoms. The summed E-state index contributed by atoms with van der Waals surface area (Å²) in [6, 6.07) is 8.44. The second-order valence-electron chi connectivity index (χ2n) is 3.98. The van der Waals surface area contributed by atoms with Crippen molar-refractivity contribution in [1.82, 2.24) is 0 Å². The van der Waals surface area contributed by atoms with Crippen molar-refractivity contribution in [3.63, 3.8) is 0 Å². The highest BCUT2D eigenvalue weighted by Crippen LogP contribution is 2.27. The van der Waals surface area contributed by atoms with E-state index in [1.807, 2.05) is 0 Å². The highest BCUT2D eigenvalue weighted by atomic mass is 19.1. The Morgan fingerprint density at radius 1 is 1.10 bits per heavy atom. The van der Waals surface area contributed by atoms with Gasteiger partial charge in [-0.3, -0.25) is 9.59 Å². The first-order valence-corrected chi connectivity index (χ1v) is 5.56. The van der Waals surface area contributed by atoms with Crippen LogP contribution in [0.25, 0.3) is 11.1 Å². The molecule has 3 nitrogen and oxygen atoms in total. The standard InChI is InChI=1S/C15H7F2NO2/c16-11-2-3-12(10(5-11)7-18)13-6-9(15(20)8-19)1-4-14(13)17/h1-6,8H. The van der Waals surface area contributed by atoms with E-state index >= 15 is 0 Å². The molecule has 0 radical (unpaired) electrons. The van der Waals surface area contributed by atoms with Crippen LogP contribution in [0.5, 0.6) is 0 Å². The maximum Gasteiger partial charge on any atom is 0.225 e. The van der Waals surface area contributed by atoms with Gasteiger partial charge in [-0.25, -0.2) is 8.78 Å². The molecule has 0 aliphatic heterocycles. The van der Waals surface area contributed by atoms with Gasteiger partial charge in [0.25, 0.3) is 0 Å². The predicted molar refractivity (Wildman–Crippen MR) is 66.9 cm³/mol. The average Bonchev–Trinajstić information content (AvgIpc) is 2.47. The lowest BCUT2D eigenvalue weighted by atomic mass is 9.97. The lowest BCUT2D eigenvalue weighted by Crippen LogP contribution is -2.01. The normalized spacial score (nSPS) is 9.85. The number of carbonyl (C=O) groups is 2. The molecule has 0 fully saturated rings. The molecule has 0 aromatic heterocycles. The first kappa shape index (κ1) is 13.6. The average molecular weight is 271 g/mol. The van der Waals surface area contributed by atoms with Crippen molar-refractivity contribution >= 4 is 12.1 Å². The molecule has 98 valence electrons. The molecule has 0 atom stereocenters. The largest absolute Gasteiger partial charge is 0.294 e. The van der Waals surface area contributed by atoms with E-state index in [9.17, 15) is 18.4 Å². The molecule has 0 N–H and O–H groups in total. The van der Waals surface area contributed by atoms with E-state index in [1.54, 1.807) is 6.07 Å². The number of Topliss-reactive ketones (excluding diaryl/α,β-unsaturated/α-hetero) is 1. The number of benzene rings is 2. The van der Waals surface area contributed by atoms with Gasteiger partial charge < -0.3 is 0 Å². The van der Waals surface area contributed by atoms with Gasteiger partial charge in [0.05, 0.1) is 11.6 Å². The Morgan fingerprint density at radius 2 is 1.85 bits per heavy atom. The van der Waals surface area contributed by atoms with Crippen LogP contribution in [0.1, 0.15) is 15.9 Å². The highest BCUT2D eigenvalue weighted by molar-refractivity contribution is 6.33. The summed E-state index contributed by atoms with van der Waals surface area (Å²) < 4.78 is 26.9. The number of halogens is 2. The van der Waals surface area contributed by atoms with E-state index < -0.39 is 17.4 Å². The number of hydrogen-bond acceptors (Lipinski definition) is 3. The molecule has 0 aliphatic rings. The van der Waals surface area contributed by atoms with E-state index in [-0.39, 0.29) is 28.5 Å². The monoisotopic (exact) mass is 271 g/mol. The van der Waals surface area contributed by atoms with Crippen LogP contribution in [0.2, 0.25) is 0 Å². The third-order valence-corrected chi connectivity index (χ3v) is 2.75. The van der Waals surface area contributed by atoms with E-state index in [0.717, 1.165) is 18.2 Å². The fraction of sp³-hybridized carbons (Fsp3) is 0. The Kier molecular flexibility index (Phi) is 3.67. The van der Waals surface area contributed by atoms with E-state index in [1.165, 1.54) is 18.2 Å². The Morgan fingerprint density at radius 3 is 2.50 bits per heavy atom. The van der Waals surface area contributed by atoms with Crippen LogP contribution in [-0.4, -0.2) is 12.1 Å². The molecule has 20 heavy (non-hydrogen) atoms. The molecular formula is C15H7F2NO2. The topological polar surface area (TPSA) is 57.9 Å². The van der Waals surface area contributed by atoms with Crippen molar-refractivity contribution in [1.29, 1.82) is 5.26 Å². The zero-order chi connectivity index (χ0) is 14.7. The lowest BCUT2D eigenvalue weighted by Gasteiger charge is -2.07. The molecular weight excluding hydrogens is 264 g/mol. The van der Waals surface area contributed by atoms with Crippen LogP contribution >= 0.6 is 0 Å². The number of ketones is 1. The van der Waals surface area contributed by atoms with Crippen LogP contribution in [0.15, 0.2) is 36.4 Å². The first-order chi connectivity index (χ1) is 9.56. The zero-order valence-electron chi connectivity index (χ0n) is 10.1. The first-order valence-electron chi connectivity index (χ1n) is 5.56. The molecule has 0 saturated carbocycles. The van der Waals surface area contributed by atoms with Gasteiger partial charge >= 0.3 is 0 Å². The van der Waals surface area contributed by atoms with Gasteiger partial charge in [0.1, 0.15) is 11.6 Å². The number of nitrogens with zero attached hydrogens (tertiary/aromatic N) is 1. The van der Waals surface area contributed by atoms with Gasteiger partial charge in [0, 0.05) is 16.7 Å². The van der Waals surface area contributed by atoms with E-state index in [2.05, 4.69) is 0 Å². The van der Waals surface area contributed by atoms with Gasteiger partial charge in [-0.2, -0.15) is 5.26 Å². The highest BCUT2D eigenvalue weighted by Gasteiger charge is 2.14. The van der Waals surface area contributed by atoms with Crippen LogP contribution in [0, 0.1) is 23.0 Å². The molecule has 0 aliphatic carbocycles. The number of aldehydes is 1. The maximum absolute atomic E-state index is 13.8. The minimum atomic E-state index is -0.799. The van der Waals surface area contributed by atoms with Gasteiger partial charge in [0.15, 0.2) is 6.29 Å². The van der Waals surface area contributed by atoms with Crippen molar-refractivity contribution in [2.45, 2.75) is 0 Å². The van der Waals surface area contributed by atoms with Crippen molar-refractivity contribution in [2.75, 3.05) is 0 Å². The third kappa shape index (κ3) is 2.45. The summed E-state index contributed by atoms with van der Waals surface area (Å²) in [5, 5.41) is 8.96. The molecule has 0 amide bonds. The number of carbonyl (C=O) groups excluding carboxylic acids is 2. The molecule has 0 heterocycles. The van der Waals surface area contributed by atoms with Crippen LogP contribution in [-0.2, 0) is 4.79 Å². The maximum atomic E-state index is 13.8. The van der Waals surface area contributed by atoms with Crippen molar-refractivity contribution in [3.05, 3.63) is 59.2 Å². The molecule has 2 aromatic rings. The van der Waals surface area contributed by atoms with Gasteiger partial charge in [-0.05, 0) is 30.3 Å². The molecule has 2 aromatic carbocycles. The van der Waals surface area contributed by atoms with E-state index in [4.69, 9.17) is 5.26 Å². The predicted octanol–water partition coefficient (Wildman–Crippen LogP) is 2.89. The quantitative estimate of drug-likeness (QED) is 0.490. The van der Waals surface area contributed by atoms with Crippen molar-refractivity contribution in [3.8, 4) is 17.2 Å². The fourth-order valence-corrected chi connectivity index (χ4v) is 1.80. The minimum Gasteiger partial charge on any atom is -0.294 e. The Bertz CT molecular complexity index is 748. The molecule has 2 rings (SSSR count). The summed E-state index contributed by atoms with van der Waals surface area (Å²) in [5.41, 5.74) is 0.0745. The molecule has 0 saturated heterocycles. The minimum absolute atomic E-state index is 0.00427. The summed E-state index contributed by atoms with van der Waals surface area (Å²) in [7, 11) is 0. The van der Waals surface area contributed by atoms with Crippen LogP contribution in [0.4, 0.5) is 8.78 Å². The number of nitriles is 1. The molecule has 0 bridgehead atoms. The van der Waals surface area contributed by atoms with Gasteiger partial charge in [-0.15, -0.1) is 0 Å². The Hall–Kier alpha value is -2.87.